The van der Waals surface area contributed by atoms with E-state index in [1.807, 2.05) is 50.2 Å². The van der Waals surface area contributed by atoms with E-state index >= 15 is 0 Å². The van der Waals surface area contributed by atoms with Crippen LogP contribution in [0, 0.1) is 5.92 Å². The Morgan fingerprint density at radius 3 is 2.20 bits per heavy atom. The van der Waals surface area contributed by atoms with Gasteiger partial charge in [0.1, 0.15) is 18.7 Å². The molecule has 2 aromatic rings. The van der Waals surface area contributed by atoms with Crippen molar-refractivity contribution in [3.05, 3.63) is 59.7 Å². The Morgan fingerprint density at radius 1 is 1.03 bits per heavy atom. The van der Waals surface area contributed by atoms with Crippen LogP contribution in [0.1, 0.15) is 50.2 Å². The summed E-state index contributed by atoms with van der Waals surface area (Å²) in [5.74, 6) is -1.50. The minimum Gasteiger partial charge on any atom is -0.480 e. The molecule has 3 N–H and O–H groups in total. The van der Waals surface area contributed by atoms with Gasteiger partial charge in [-0.05, 0) is 41.0 Å². The Morgan fingerprint density at radius 2 is 1.63 bits per heavy atom. The Balaban J connectivity index is 1.45. The molecule has 1 fully saturated rings. The van der Waals surface area contributed by atoms with Gasteiger partial charge in [-0.25, -0.2) is 9.59 Å². The van der Waals surface area contributed by atoms with Gasteiger partial charge in [-0.3, -0.25) is 4.79 Å². The summed E-state index contributed by atoms with van der Waals surface area (Å²) in [7, 11) is 0. The minimum atomic E-state index is -1.17. The van der Waals surface area contributed by atoms with Gasteiger partial charge in [0.05, 0.1) is 6.10 Å². The lowest BCUT2D eigenvalue weighted by Gasteiger charge is -2.27. The Hall–Kier alpha value is -3.39. The van der Waals surface area contributed by atoms with E-state index in [2.05, 4.69) is 17.4 Å². The molecule has 8 nitrogen and oxygen atoms in total. The number of benzene rings is 2. The van der Waals surface area contributed by atoms with Gasteiger partial charge in [0, 0.05) is 18.9 Å². The van der Waals surface area contributed by atoms with Crippen LogP contribution in [0.3, 0.4) is 0 Å². The standard InChI is InChI=1S/C27H32N2O6/c1-16(2)11-12-23(25(31)29-14-17(30)13-24(29)26(32)33)28-27(34)35-15-22-20-9-5-3-7-18(20)19-8-4-6-10-21(19)22/h3-10,16-17,22-24,30H,11-15H2,1-2H3,(H,28,34)(H,32,33)/t17-,23?,24+/m1/s1. The number of nitrogens with zero attached hydrogens (tertiary/aromatic N) is 1. The molecule has 1 saturated heterocycles. The number of aliphatic hydroxyl groups is 1. The largest absolute Gasteiger partial charge is 0.480 e. The fourth-order valence-corrected chi connectivity index (χ4v) is 5.03. The van der Waals surface area contributed by atoms with Crippen molar-refractivity contribution in [1.82, 2.24) is 10.2 Å². The smallest absolute Gasteiger partial charge is 0.407 e. The highest BCUT2D eigenvalue weighted by Gasteiger charge is 2.41. The molecule has 1 aliphatic carbocycles. The number of alkyl carbamates (subject to hydrolysis) is 1. The highest BCUT2D eigenvalue weighted by Crippen LogP contribution is 2.44. The summed E-state index contributed by atoms with van der Waals surface area (Å²) in [6, 6.07) is 14.0. The molecule has 2 amide bonds. The first-order chi connectivity index (χ1) is 16.8. The second-order valence-corrected chi connectivity index (χ2v) is 9.73. The molecule has 186 valence electrons. The summed E-state index contributed by atoms with van der Waals surface area (Å²) in [5, 5.41) is 22.1. The molecule has 0 saturated carbocycles. The third-order valence-electron chi connectivity index (χ3n) is 6.81. The molecule has 1 heterocycles. The lowest BCUT2D eigenvalue weighted by atomic mass is 9.98. The maximum absolute atomic E-state index is 13.2. The molecule has 0 bridgehead atoms. The van der Waals surface area contributed by atoms with Crippen molar-refractivity contribution in [3.8, 4) is 11.1 Å². The zero-order chi connectivity index (χ0) is 25.1. The number of β-amino-alcohol motifs (C(OH)–C–C–N with tert-alkyl or cyclic N) is 1. The predicted octanol–water partition coefficient (Wildman–Crippen LogP) is 3.38. The second kappa shape index (κ2) is 10.5. The summed E-state index contributed by atoms with van der Waals surface area (Å²) in [4.78, 5) is 38.8. The number of amides is 2. The molecule has 8 heteroatoms. The van der Waals surface area contributed by atoms with E-state index in [1.165, 1.54) is 0 Å². The zero-order valence-corrected chi connectivity index (χ0v) is 20.0. The second-order valence-electron chi connectivity index (χ2n) is 9.73. The van der Waals surface area contributed by atoms with E-state index in [9.17, 15) is 24.6 Å². The van der Waals surface area contributed by atoms with Crippen LogP contribution < -0.4 is 5.32 Å². The van der Waals surface area contributed by atoms with Crippen molar-refractivity contribution in [2.75, 3.05) is 13.2 Å². The number of carboxylic acid groups (broad SMARTS) is 1. The van der Waals surface area contributed by atoms with Gasteiger partial charge in [0.15, 0.2) is 0 Å². The van der Waals surface area contributed by atoms with Crippen LogP contribution in [-0.4, -0.2) is 64.4 Å². The molecule has 1 unspecified atom stereocenters. The number of nitrogens with one attached hydrogen (secondary N) is 1. The third-order valence-corrected chi connectivity index (χ3v) is 6.81. The topological polar surface area (TPSA) is 116 Å². The number of hydrogen-bond acceptors (Lipinski definition) is 5. The number of carbonyl (C=O) groups excluding carboxylic acids is 2. The number of carbonyl (C=O) groups is 3. The lowest BCUT2D eigenvalue weighted by Crippen LogP contribution is -2.52. The van der Waals surface area contributed by atoms with E-state index < -0.39 is 36.2 Å². The van der Waals surface area contributed by atoms with Crippen molar-refractivity contribution in [3.63, 3.8) is 0 Å². The molecule has 0 aromatic heterocycles. The highest BCUT2D eigenvalue weighted by molar-refractivity contribution is 5.90. The molecule has 4 rings (SSSR count). The Kier molecular flexibility index (Phi) is 7.40. The van der Waals surface area contributed by atoms with Crippen LogP contribution in [0.5, 0.6) is 0 Å². The first-order valence-corrected chi connectivity index (χ1v) is 12.1. The first-order valence-electron chi connectivity index (χ1n) is 12.1. The average Bonchev–Trinajstić information content (AvgIpc) is 3.38. The van der Waals surface area contributed by atoms with E-state index in [0.29, 0.717) is 12.8 Å². The quantitative estimate of drug-likeness (QED) is 0.534. The van der Waals surface area contributed by atoms with Crippen LogP contribution in [0.2, 0.25) is 0 Å². The number of hydrogen-bond donors (Lipinski definition) is 3. The average molecular weight is 481 g/mol. The van der Waals surface area contributed by atoms with Gasteiger partial charge in [-0.1, -0.05) is 62.4 Å². The minimum absolute atomic E-state index is 0.0249. The fraction of sp³-hybridized carbons (Fsp3) is 0.444. The number of likely N-dealkylation sites (tertiary alicyclic amines) is 1. The van der Waals surface area contributed by atoms with Gasteiger partial charge in [-0.2, -0.15) is 0 Å². The molecule has 35 heavy (non-hydrogen) atoms. The summed E-state index contributed by atoms with van der Waals surface area (Å²) >= 11 is 0. The molecule has 2 aliphatic rings. The van der Waals surface area contributed by atoms with Crippen LogP contribution in [-0.2, 0) is 14.3 Å². The maximum Gasteiger partial charge on any atom is 0.407 e. The van der Waals surface area contributed by atoms with Crippen molar-refractivity contribution in [2.45, 2.75) is 57.2 Å². The van der Waals surface area contributed by atoms with Crippen molar-refractivity contribution in [2.24, 2.45) is 5.92 Å². The monoisotopic (exact) mass is 480 g/mol. The fourth-order valence-electron chi connectivity index (χ4n) is 5.03. The molecule has 0 radical (unpaired) electrons. The van der Waals surface area contributed by atoms with Gasteiger partial charge in [0.25, 0.3) is 0 Å². The van der Waals surface area contributed by atoms with Crippen LogP contribution >= 0.6 is 0 Å². The molecule has 1 aliphatic heterocycles. The molecule has 3 atom stereocenters. The molecule has 2 aromatic carbocycles. The number of carboxylic acids is 1. The van der Waals surface area contributed by atoms with Gasteiger partial charge < -0.3 is 25.2 Å². The van der Waals surface area contributed by atoms with Crippen LogP contribution in [0.25, 0.3) is 11.1 Å². The number of fused-ring (bicyclic) bond motifs is 3. The van der Waals surface area contributed by atoms with E-state index in [1.54, 1.807) is 0 Å². The van der Waals surface area contributed by atoms with E-state index in [-0.39, 0.29) is 31.4 Å². The van der Waals surface area contributed by atoms with Crippen molar-refractivity contribution in [1.29, 1.82) is 0 Å². The summed E-state index contributed by atoms with van der Waals surface area (Å²) in [5.41, 5.74) is 4.41. The summed E-state index contributed by atoms with van der Waals surface area (Å²) in [6.07, 6.45) is -0.641. The number of aliphatic hydroxyl groups excluding tert-OH is 1. The normalized spacial score (nSPS) is 19.8. The number of rotatable bonds is 8. The van der Waals surface area contributed by atoms with Crippen LogP contribution in [0.4, 0.5) is 4.79 Å². The Bertz CT molecular complexity index is 1060. The SMILES string of the molecule is CC(C)CCC(NC(=O)OCC1c2ccccc2-c2ccccc21)C(=O)N1C[C@H](O)C[C@H]1C(=O)O. The maximum atomic E-state index is 13.2. The predicted molar refractivity (Wildman–Crippen MR) is 130 cm³/mol. The summed E-state index contributed by atoms with van der Waals surface area (Å²) < 4.78 is 5.60. The first kappa shape index (κ1) is 24.7. The number of ether oxygens (including phenoxy) is 1. The van der Waals surface area contributed by atoms with Gasteiger partial charge >= 0.3 is 12.1 Å². The van der Waals surface area contributed by atoms with E-state index in [4.69, 9.17) is 4.74 Å². The molecular formula is C27H32N2O6. The van der Waals surface area contributed by atoms with Crippen molar-refractivity contribution < 1.29 is 29.3 Å². The zero-order valence-electron chi connectivity index (χ0n) is 20.0. The highest BCUT2D eigenvalue weighted by atomic mass is 16.5. The van der Waals surface area contributed by atoms with Gasteiger partial charge in [0.2, 0.25) is 5.91 Å². The van der Waals surface area contributed by atoms with Gasteiger partial charge in [-0.15, -0.1) is 0 Å². The molecule has 0 spiro atoms. The lowest BCUT2D eigenvalue weighted by molar-refractivity contribution is -0.149. The number of aliphatic carboxylic acids is 1. The molecular weight excluding hydrogens is 448 g/mol. The summed E-state index contributed by atoms with van der Waals surface area (Å²) in [6.45, 7) is 4.06. The third kappa shape index (κ3) is 5.32. The van der Waals surface area contributed by atoms with E-state index in [0.717, 1.165) is 27.2 Å². The van der Waals surface area contributed by atoms with Crippen molar-refractivity contribution >= 4 is 18.0 Å². The Labute approximate surface area is 204 Å². The van der Waals surface area contributed by atoms with Crippen LogP contribution in [0.15, 0.2) is 48.5 Å².